The van der Waals surface area contributed by atoms with Gasteiger partial charge in [0.2, 0.25) is 5.91 Å². The second-order valence-electron chi connectivity index (χ2n) is 7.35. The van der Waals surface area contributed by atoms with Gasteiger partial charge in [0.25, 0.3) is 0 Å². The maximum absolute atomic E-state index is 12.5. The molecule has 3 rings (SSSR count). The zero-order valence-electron chi connectivity index (χ0n) is 17.9. The van der Waals surface area contributed by atoms with E-state index in [1.807, 2.05) is 36.4 Å². The van der Waals surface area contributed by atoms with E-state index in [-0.39, 0.29) is 11.9 Å². The van der Waals surface area contributed by atoms with Gasteiger partial charge >= 0.3 is 0 Å². The molecule has 0 saturated heterocycles. The van der Waals surface area contributed by atoms with Gasteiger partial charge in [-0.2, -0.15) is 0 Å². The summed E-state index contributed by atoms with van der Waals surface area (Å²) >= 11 is 0. The van der Waals surface area contributed by atoms with Crippen LogP contribution in [0.2, 0.25) is 0 Å². The van der Waals surface area contributed by atoms with Crippen molar-refractivity contribution in [3.05, 3.63) is 78.3 Å². The molecule has 3 aromatic rings. The molecule has 0 saturated carbocycles. The molecule has 0 bridgehead atoms. The summed E-state index contributed by atoms with van der Waals surface area (Å²) in [5.74, 6) is 1.35. The molecule has 0 radical (unpaired) electrons. The zero-order valence-corrected chi connectivity index (χ0v) is 17.9. The molecule has 30 heavy (non-hydrogen) atoms. The maximum atomic E-state index is 12.5. The topological polar surface area (TPSA) is 58.4 Å². The van der Waals surface area contributed by atoms with Gasteiger partial charge in [-0.1, -0.05) is 74.5 Å². The standard InChI is InChI=1S/C25H31N3O2/c1-3-28(4-2)22(17-20-11-7-5-8-12-20)18-26-24(29)15-16-25-27-19-23(30-25)21-13-9-6-10-14-21/h5-14,19,22H,3-4,15-18H2,1-2H3,(H,26,29). The number of rotatable bonds is 11. The molecule has 1 atom stereocenters. The third-order valence-corrected chi connectivity index (χ3v) is 5.36. The van der Waals surface area contributed by atoms with Gasteiger partial charge in [-0.15, -0.1) is 0 Å². The minimum Gasteiger partial charge on any atom is -0.441 e. The number of likely N-dealkylation sites (N-methyl/N-ethyl adjacent to an activating group) is 1. The van der Waals surface area contributed by atoms with Crippen molar-refractivity contribution >= 4 is 5.91 Å². The summed E-state index contributed by atoms with van der Waals surface area (Å²) in [6.07, 6.45) is 3.50. The summed E-state index contributed by atoms with van der Waals surface area (Å²) in [6, 6.07) is 20.6. The van der Waals surface area contributed by atoms with Gasteiger partial charge in [0.15, 0.2) is 11.7 Å². The lowest BCUT2D eigenvalue weighted by molar-refractivity contribution is -0.121. The van der Waals surface area contributed by atoms with Crippen LogP contribution < -0.4 is 5.32 Å². The third kappa shape index (κ3) is 6.29. The molecule has 1 heterocycles. The number of hydrogen-bond donors (Lipinski definition) is 1. The van der Waals surface area contributed by atoms with Crippen molar-refractivity contribution in [2.24, 2.45) is 0 Å². The van der Waals surface area contributed by atoms with E-state index in [9.17, 15) is 4.79 Å². The molecule has 0 spiro atoms. The number of amides is 1. The van der Waals surface area contributed by atoms with Gasteiger partial charge in [-0.05, 0) is 25.1 Å². The highest BCUT2D eigenvalue weighted by Crippen LogP contribution is 2.20. The van der Waals surface area contributed by atoms with Crippen LogP contribution in [0.3, 0.4) is 0 Å². The van der Waals surface area contributed by atoms with E-state index in [0.29, 0.717) is 25.3 Å². The number of aryl methyl sites for hydroxylation is 1. The van der Waals surface area contributed by atoms with E-state index in [4.69, 9.17) is 4.42 Å². The first-order valence-corrected chi connectivity index (χ1v) is 10.7. The average Bonchev–Trinajstić information content (AvgIpc) is 3.27. The number of hydrogen-bond acceptors (Lipinski definition) is 4. The minimum atomic E-state index is 0.0275. The van der Waals surface area contributed by atoms with E-state index < -0.39 is 0 Å². The highest BCUT2D eigenvalue weighted by molar-refractivity contribution is 5.76. The first-order chi connectivity index (χ1) is 14.7. The molecule has 0 fully saturated rings. The summed E-state index contributed by atoms with van der Waals surface area (Å²) in [6.45, 7) is 6.88. The SMILES string of the molecule is CCN(CC)C(CNC(=O)CCc1ncc(-c2ccccc2)o1)Cc1ccccc1. The van der Waals surface area contributed by atoms with Crippen LogP contribution in [0.4, 0.5) is 0 Å². The number of benzene rings is 2. The van der Waals surface area contributed by atoms with Crippen LogP contribution in [-0.4, -0.2) is 41.5 Å². The number of oxazole rings is 1. The minimum absolute atomic E-state index is 0.0275. The van der Waals surface area contributed by atoms with Gasteiger partial charge in [0.1, 0.15) is 0 Å². The van der Waals surface area contributed by atoms with Crippen molar-refractivity contribution in [3.8, 4) is 11.3 Å². The fourth-order valence-electron chi connectivity index (χ4n) is 3.66. The summed E-state index contributed by atoms with van der Waals surface area (Å²) in [5.41, 5.74) is 2.28. The monoisotopic (exact) mass is 405 g/mol. The van der Waals surface area contributed by atoms with Crippen molar-refractivity contribution in [1.82, 2.24) is 15.2 Å². The number of nitrogens with one attached hydrogen (secondary N) is 1. The van der Waals surface area contributed by atoms with Crippen LogP contribution in [0.1, 0.15) is 31.7 Å². The second kappa shape index (κ2) is 11.3. The summed E-state index contributed by atoms with van der Waals surface area (Å²) in [5, 5.41) is 3.11. The van der Waals surface area contributed by atoms with E-state index in [0.717, 1.165) is 30.8 Å². The molecule has 1 amide bonds. The summed E-state index contributed by atoms with van der Waals surface area (Å²) < 4.78 is 5.80. The predicted molar refractivity (Wildman–Crippen MR) is 120 cm³/mol. The predicted octanol–water partition coefficient (Wildman–Crippen LogP) is 4.34. The highest BCUT2D eigenvalue weighted by Gasteiger charge is 2.17. The Kier molecular flexibility index (Phi) is 8.21. The zero-order chi connectivity index (χ0) is 21.2. The van der Waals surface area contributed by atoms with Gasteiger partial charge in [-0.3, -0.25) is 9.69 Å². The highest BCUT2D eigenvalue weighted by atomic mass is 16.4. The van der Waals surface area contributed by atoms with Crippen molar-refractivity contribution in [2.45, 2.75) is 39.2 Å². The Balaban J connectivity index is 1.51. The lowest BCUT2D eigenvalue weighted by atomic mass is 10.0. The number of carbonyl (C=O) groups excluding carboxylic acids is 1. The van der Waals surface area contributed by atoms with Crippen LogP contribution in [0.15, 0.2) is 71.3 Å². The van der Waals surface area contributed by atoms with Crippen molar-refractivity contribution in [1.29, 1.82) is 0 Å². The van der Waals surface area contributed by atoms with Crippen LogP contribution in [0.25, 0.3) is 11.3 Å². The first-order valence-electron chi connectivity index (χ1n) is 10.7. The third-order valence-electron chi connectivity index (χ3n) is 5.36. The first kappa shape index (κ1) is 21.8. The van der Waals surface area contributed by atoms with Gasteiger partial charge in [0, 0.05) is 31.0 Å². The molecule has 5 heteroatoms. The largest absolute Gasteiger partial charge is 0.441 e. The van der Waals surface area contributed by atoms with Gasteiger partial charge in [-0.25, -0.2) is 4.98 Å². The Morgan fingerprint density at radius 2 is 1.70 bits per heavy atom. The van der Waals surface area contributed by atoms with Gasteiger partial charge < -0.3 is 9.73 Å². The van der Waals surface area contributed by atoms with Crippen LogP contribution in [-0.2, 0) is 17.6 Å². The Hall–Kier alpha value is -2.92. The van der Waals surface area contributed by atoms with Crippen molar-refractivity contribution < 1.29 is 9.21 Å². The van der Waals surface area contributed by atoms with Crippen LogP contribution in [0.5, 0.6) is 0 Å². The van der Waals surface area contributed by atoms with Gasteiger partial charge in [0.05, 0.1) is 6.20 Å². The summed E-state index contributed by atoms with van der Waals surface area (Å²) in [4.78, 5) is 19.2. The quantitative estimate of drug-likeness (QED) is 0.515. The molecular weight excluding hydrogens is 374 g/mol. The van der Waals surface area contributed by atoms with Crippen LogP contribution >= 0.6 is 0 Å². The molecule has 2 aromatic carbocycles. The normalized spacial score (nSPS) is 12.1. The maximum Gasteiger partial charge on any atom is 0.220 e. The fourth-order valence-corrected chi connectivity index (χ4v) is 3.66. The Morgan fingerprint density at radius 1 is 1.03 bits per heavy atom. The molecule has 1 unspecified atom stereocenters. The van der Waals surface area contributed by atoms with Crippen LogP contribution in [0, 0.1) is 0 Å². The lowest BCUT2D eigenvalue weighted by Gasteiger charge is -2.30. The fraction of sp³-hybridized carbons (Fsp3) is 0.360. The van der Waals surface area contributed by atoms with E-state index in [2.05, 4.69) is 53.3 Å². The molecule has 5 nitrogen and oxygen atoms in total. The molecule has 0 aliphatic rings. The van der Waals surface area contributed by atoms with Crippen molar-refractivity contribution in [3.63, 3.8) is 0 Å². The number of carbonyl (C=O) groups is 1. The molecule has 0 aliphatic heterocycles. The Morgan fingerprint density at radius 3 is 2.37 bits per heavy atom. The van der Waals surface area contributed by atoms with E-state index in [1.54, 1.807) is 6.20 Å². The Labute approximate surface area is 179 Å². The molecular formula is C25H31N3O2. The number of aromatic nitrogens is 1. The molecule has 1 aromatic heterocycles. The second-order valence-corrected chi connectivity index (χ2v) is 7.35. The van der Waals surface area contributed by atoms with E-state index in [1.165, 1.54) is 5.56 Å². The van der Waals surface area contributed by atoms with Crippen molar-refractivity contribution in [2.75, 3.05) is 19.6 Å². The average molecular weight is 406 g/mol. The summed E-state index contributed by atoms with van der Waals surface area (Å²) in [7, 11) is 0. The molecule has 1 N–H and O–H groups in total. The number of nitrogens with zero attached hydrogens (tertiary/aromatic N) is 2. The Bertz CT molecular complexity index is 889. The molecule has 0 aliphatic carbocycles. The molecule has 158 valence electrons. The smallest absolute Gasteiger partial charge is 0.220 e. The van der Waals surface area contributed by atoms with E-state index >= 15 is 0 Å². The lowest BCUT2D eigenvalue weighted by Crippen LogP contribution is -2.45.